The fourth-order valence-electron chi connectivity index (χ4n) is 2.81. The lowest BCUT2D eigenvalue weighted by atomic mass is 9.95. The van der Waals surface area contributed by atoms with Crippen molar-refractivity contribution in [1.82, 2.24) is 10.6 Å². The summed E-state index contributed by atoms with van der Waals surface area (Å²) >= 11 is 1.37. The van der Waals surface area contributed by atoms with Gasteiger partial charge in [-0.25, -0.2) is 9.59 Å². The summed E-state index contributed by atoms with van der Waals surface area (Å²) in [6.07, 6.45) is 2.42. The Labute approximate surface area is 162 Å². The van der Waals surface area contributed by atoms with Gasteiger partial charge in [-0.05, 0) is 52.0 Å². The SMILES string of the molecule is CC(=O)Nc1sc2c(c1C(=O)O[C@@H](C)C(=O)NC(=O)NC(C)C)CCCC2. The van der Waals surface area contributed by atoms with Crippen LogP contribution in [0.25, 0.3) is 0 Å². The fraction of sp³-hybridized carbons (Fsp3) is 0.556. The highest BCUT2D eigenvalue weighted by Crippen LogP contribution is 2.38. The van der Waals surface area contributed by atoms with Crippen LogP contribution in [0.2, 0.25) is 0 Å². The minimum absolute atomic E-state index is 0.131. The van der Waals surface area contributed by atoms with Gasteiger partial charge in [0.1, 0.15) is 5.00 Å². The maximum Gasteiger partial charge on any atom is 0.342 e. The highest BCUT2D eigenvalue weighted by molar-refractivity contribution is 7.17. The molecule has 0 saturated carbocycles. The van der Waals surface area contributed by atoms with Crippen molar-refractivity contribution in [2.45, 2.75) is 65.5 Å². The average Bonchev–Trinajstić information content (AvgIpc) is 2.90. The number of ether oxygens (including phenoxy) is 1. The number of urea groups is 1. The van der Waals surface area contributed by atoms with E-state index in [-0.39, 0.29) is 11.9 Å². The number of hydrogen-bond acceptors (Lipinski definition) is 6. The van der Waals surface area contributed by atoms with Gasteiger partial charge >= 0.3 is 12.0 Å². The van der Waals surface area contributed by atoms with Gasteiger partial charge in [0, 0.05) is 17.8 Å². The van der Waals surface area contributed by atoms with Crippen LogP contribution in [-0.4, -0.2) is 36.0 Å². The smallest absolute Gasteiger partial charge is 0.342 e. The molecule has 0 aromatic carbocycles. The minimum atomic E-state index is -1.15. The van der Waals surface area contributed by atoms with E-state index in [0.717, 1.165) is 36.1 Å². The number of amides is 4. The van der Waals surface area contributed by atoms with Crippen molar-refractivity contribution in [2.75, 3.05) is 5.32 Å². The first-order valence-corrected chi connectivity index (χ1v) is 9.75. The molecule has 0 radical (unpaired) electrons. The third-order valence-electron chi connectivity index (χ3n) is 3.97. The number of carbonyl (C=O) groups excluding carboxylic acids is 4. The molecule has 4 amide bonds. The van der Waals surface area contributed by atoms with Crippen molar-refractivity contribution in [3.8, 4) is 0 Å². The molecule has 0 bridgehead atoms. The number of imide groups is 1. The summed E-state index contributed by atoms with van der Waals surface area (Å²) in [6.45, 7) is 6.29. The molecule has 1 aromatic rings. The lowest BCUT2D eigenvalue weighted by Gasteiger charge is -2.16. The molecule has 1 aliphatic rings. The van der Waals surface area contributed by atoms with Gasteiger partial charge in [-0.2, -0.15) is 0 Å². The van der Waals surface area contributed by atoms with E-state index in [1.807, 2.05) is 0 Å². The summed E-state index contributed by atoms with van der Waals surface area (Å²) < 4.78 is 5.28. The first kappa shape index (κ1) is 20.9. The second-order valence-corrected chi connectivity index (χ2v) is 7.87. The maximum atomic E-state index is 12.7. The number of carbonyl (C=O) groups is 4. The van der Waals surface area contributed by atoms with E-state index in [9.17, 15) is 19.2 Å². The van der Waals surface area contributed by atoms with E-state index < -0.39 is 24.0 Å². The molecule has 0 unspecified atom stereocenters. The summed E-state index contributed by atoms with van der Waals surface area (Å²) in [5, 5.41) is 7.79. The highest BCUT2D eigenvalue weighted by atomic mass is 32.1. The Bertz CT molecular complexity index is 756. The molecule has 0 aliphatic heterocycles. The van der Waals surface area contributed by atoms with Gasteiger partial charge < -0.3 is 15.4 Å². The molecule has 0 spiro atoms. The Morgan fingerprint density at radius 1 is 1.07 bits per heavy atom. The monoisotopic (exact) mass is 395 g/mol. The summed E-state index contributed by atoms with van der Waals surface area (Å²) in [5.41, 5.74) is 1.20. The molecule has 3 N–H and O–H groups in total. The van der Waals surface area contributed by atoms with Gasteiger partial charge in [-0.1, -0.05) is 0 Å². The molecule has 0 fully saturated rings. The number of rotatable bonds is 5. The topological polar surface area (TPSA) is 114 Å². The number of esters is 1. The first-order valence-electron chi connectivity index (χ1n) is 8.93. The molecule has 8 nitrogen and oxygen atoms in total. The molecular weight excluding hydrogens is 370 g/mol. The van der Waals surface area contributed by atoms with Gasteiger partial charge in [-0.3, -0.25) is 14.9 Å². The van der Waals surface area contributed by atoms with Gasteiger partial charge in [0.15, 0.2) is 6.10 Å². The van der Waals surface area contributed by atoms with Crippen molar-refractivity contribution in [1.29, 1.82) is 0 Å². The van der Waals surface area contributed by atoms with E-state index in [0.29, 0.717) is 10.6 Å². The van der Waals surface area contributed by atoms with Crippen molar-refractivity contribution in [2.24, 2.45) is 0 Å². The predicted molar refractivity (Wildman–Crippen MR) is 102 cm³/mol. The quantitative estimate of drug-likeness (QED) is 0.663. The van der Waals surface area contributed by atoms with Crippen LogP contribution in [0.3, 0.4) is 0 Å². The number of fused-ring (bicyclic) bond motifs is 1. The molecule has 1 aliphatic carbocycles. The molecule has 9 heteroatoms. The lowest BCUT2D eigenvalue weighted by Crippen LogP contribution is -2.46. The second-order valence-electron chi connectivity index (χ2n) is 6.76. The van der Waals surface area contributed by atoms with Crippen LogP contribution in [0, 0.1) is 0 Å². The largest absolute Gasteiger partial charge is 0.449 e. The van der Waals surface area contributed by atoms with Crippen LogP contribution in [0.15, 0.2) is 0 Å². The van der Waals surface area contributed by atoms with Gasteiger partial charge in [0.05, 0.1) is 5.56 Å². The number of anilines is 1. The molecule has 27 heavy (non-hydrogen) atoms. The Hall–Kier alpha value is -2.42. The van der Waals surface area contributed by atoms with Crippen LogP contribution in [0.4, 0.5) is 9.80 Å². The summed E-state index contributed by atoms with van der Waals surface area (Å²) in [7, 11) is 0. The predicted octanol–water partition coefficient (Wildman–Crippen LogP) is 2.36. The van der Waals surface area contributed by atoms with Crippen molar-refractivity contribution in [3.63, 3.8) is 0 Å². The third-order valence-corrected chi connectivity index (χ3v) is 5.18. The molecular formula is C18H25N3O5S. The summed E-state index contributed by atoms with van der Waals surface area (Å²) in [4.78, 5) is 48.9. The van der Waals surface area contributed by atoms with Crippen molar-refractivity contribution in [3.05, 3.63) is 16.0 Å². The Morgan fingerprint density at radius 3 is 2.37 bits per heavy atom. The zero-order valence-corrected chi connectivity index (χ0v) is 16.7. The average molecular weight is 395 g/mol. The number of thiophene rings is 1. The third kappa shape index (κ3) is 5.53. The molecule has 2 rings (SSSR count). The summed E-state index contributed by atoms with van der Waals surface area (Å²) in [6, 6.07) is -0.780. The molecule has 148 valence electrons. The standard InChI is InChI=1S/C18H25N3O5S/c1-9(2)19-18(25)21-15(23)10(3)26-17(24)14-12-7-5-6-8-13(12)27-16(14)20-11(4)22/h9-10H,5-8H2,1-4H3,(H,20,22)(H2,19,21,23,25)/t10-/m0/s1. The summed E-state index contributed by atoms with van der Waals surface area (Å²) in [5.74, 6) is -1.67. The van der Waals surface area contributed by atoms with Crippen LogP contribution >= 0.6 is 11.3 Å². The Balaban J connectivity index is 2.12. The lowest BCUT2D eigenvalue weighted by molar-refractivity contribution is -0.128. The second kappa shape index (κ2) is 8.98. The van der Waals surface area contributed by atoms with Crippen LogP contribution in [0.1, 0.15) is 61.3 Å². The Kier molecular flexibility index (Phi) is 6.95. The van der Waals surface area contributed by atoms with E-state index in [2.05, 4.69) is 16.0 Å². The highest BCUT2D eigenvalue weighted by Gasteiger charge is 2.29. The van der Waals surface area contributed by atoms with Crippen LogP contribution < -0.4 is 16.0 Å². The van der Waals surface area contributed by atoms with E-state index in [4.69, 9.17) is 4.74 Å². The fourth-order valence-corrected chi connectivity index (χ4v) is 4.14. The minimum Gasteiger partial charge on any atom is -0.449 e. The molecule has 0 saturated heterocycles. The molecule has 1 heterocycles. The molecule has 1 atom stereocenters. The van der Waals surface area contributed by atoms with Crippen LogP contribution in [-0.2, 0) is 27.2 Å². The number of aryl methyl sites for hydroxylation is 1. The zero-order valence-electron chi connectivity index (χ0n) is 15.9. The zero-order chi connectivity index (χ0) is 20.1. The normalized spacial score (nSPS) is 14.1. The Morgan fingerprint density at radius 2 is 1.74 bits per heavy atom. The van der Waals surface area contributed by atoms with Gasteiger partial charge in [0.2, 0.25) is 5.91 Å². The first-order chi connectivity index (χ1) is 12.7. The van der Waals surface area contributed by atoms with E-state index in [1.165, 1.54) is 25.2 Å². The maximum absolute atomic E-state index is 12.7. The van der Waals surface area contributed by atoms with Gasteiger partial charge in [0.25, 0.3) is 5.91 Å². The van der Waals surface area contributed by atoms with Crippen LogP contribution in [0.5, 0.6) is 0 Å². The molecule has 1 aromatic heterocycles. The van der Waals surface area contributed by atoms with Gasteiger partial charge in [-0.15, -0.1) is 11.3 Å². The number of hydrogen-bond donors (Lipinski definition) is 3. The van der Waals surface area contributed by atoms with E-state index in [1.54, 1.807) is 13.8 Å². The number of nitrogens with one attached hydrogen (secondary N) is 3. The van der Waals surface area contributed by atoms with Crippen molar-refractivity contribution < 1.29 is 23.9 Å². The van der Waals surface area contributed by atoms with E-state index >= 15 is 0 Å². The van der Waals surface area contributed by atoms with Crippen molar-refractivity contribution >= 4 is 40.2 Å².